The lowest BCUT2D eigenvalue weighted by molar-refractivity contribution is -0.134. The van der Waals surface area contributed by atoms with Crippen molar-refractivity contribution in [2.45, 2.75) is 63.2 Å². The van der Waals surface area contributed by atoms with Crippen LogP contribution in [0.3, 0.4) is 0 Å². The van der Waals surface area contributed by atoms with Gasteiger partial charge in [0.2, 0.25) is 11.8 Å². The number of aromatic nitrogens is 1. The van der Waals surface area contributed by atoms with Crippen LogP contribution in [0.4, 0.5) is 0 Å². The number of nitrogens with zero attached hydrogens (tertiary/aromatic N) is 4. The molecule has 2 amide bonds. The molecular formula is C36H47N5O5S. The Morgan fingerprint density at radius 1 is 1.04 bits per heavy atom. The molecule has 3 fully saturated rings. The van der Waals surface area contributed by atoms with Gasteiger partial charge in [-0.25, -0.2) is 4.72 Å². The predicted molar refractivity (Wildman–Crippen MR) is 183 cm³/mol. The highest BCUT2D eigenvalue weighted by atomic mass is 32.2. The minimum absolute atomic E-state index is 0.0909. The van der Waals surface area contributed by atoms with E-state index in [0.717, 1.165) is 75.8 Å². The highest BCUT2D eigenvalue weighted by Gasteiger charge is 2.52. The van der Waals surface area contributed by atoms with E-state index in [1.807, 2.05) is 24.2 Å². The summed E-state index contributed by atoms with van der Waals surface area (Å²) in [6.45, 7) is 3.69. The first-order valence-corrected chi connectivity index (χ1v) is 18.6. The van der Waals surface area contributed by atoms with Gasteiger partial charge in [0.25, 0.3) is 0 Å². The molecule has 0 radical (unpaired) electrons. The van der Waals surface area contributed by atoms with E-state index < -0.39 is 22.0 Å². The molecule has 2 aromatic rings. The highest BCUT2D eigenvalue weighted by molar-refractivity contribution is 7.87. The second-order valence-corrected chi connectivity index (χ2v) is 15.9. The van der Waals surface area contributed by atoms with E-state index in [2.05, 4.69) is 38.5 Å². The Morgan fingerprint density at radius 3 is 2.49 bits per heavy atom. The number of rotatable bonds is 9. The monoisotopic (exact) mass is 661 g/mol. The van der Waals surface area contributed by atoms with Crippen molar-refractivity contribution in [3.63, 3.8) is 0 Å². The smallest absolute Gasteiger partial charge is 0.303 e. The zero-order chi connectivity index (χ0) is 33.0. The van der Waals surface area contributed by atoms with Gasteiger partial charge in [0.15, 0.2) is 0 Å². The van der Waals surface area contributed by atoms with Crippen LogP contribution in [0.1, 0.15) is 74.5 Å². The molecule has 7 rings (SSSR count). The summed E-state index contributed by atoms with van der Waals surface area (Å²) in [5.74, 6) is -0.653. The number of nitrogens with one attached hydrogen (secondary N) is 1. The van der Waals surface area contributed by atoms with Crippen LogP contribution in [0.5, 0.6) is 5.75 Å². The van der Waals surface area contributed by atoms with Gasteiger partial charge in [0.1, 0.15) is 5.75 Å². The molecule has 5 aliphatic rings. The van der Waals surface area contributed by atoms with Crippen molar-refractivity contribution < 1.29 is 22.7 Å². The van der Waals surface area contributed by atoms with Gasteiger partial charge in [-0.3, -0.25) is 9.59 Å². The maximum atomic E-state index is 14.4. The highest BCUT2D eigenvalue weighted by Crippen LogP contribution is 2.57. The maximum Gasteiger partial charge on any atom is 0.303 e. The zero-order valence-corrected chi connectivity index (χ0v) is 28.8. The van der Waals surface area contributed by atoms with Crippen LogP contribution in [0.25, 0.3) is 17.1 Å². The van der Waals surface area contributed by atoms with Gasteiger partial charge in [0, 0.05) is 57.4 Å². The lowest BCUT2D eigenvalue weighted by Crippen LogP contribution is -2.41. The number of methoxy groups -OCH3 is 1. The van der Waals surface area contributed by atoms with Gasteiger partial charge < -0.3 is 19.1 Å². The van der Waals surface area contributed by atoms with E-state index in [1.165, 1.54) is 51.8 Å². The Kier molecular flexibility index (Phi) is 8.59. The Hall–Kier alpha value is -3.41. The van der Waals surface area contributed by atoms with Gasteiger partial charge in [-0.05, 0) is 85.5 Å². The first-order chi connectivity index (χ1) is 22.6. The molecule has 10 nitrogen and oxygen atoms in total. The SMILES string of the molecule is COc1ccc(C2CCCCC2)c2c1cc1n2C=C2C(=C3C=CC[C@@H](C(=O)N(C)CCN4CCCC4)C31)C2C(=O)NS(=O)(=O)N(C)C. The fraction of sp³-hybridized carbons (Fsp3) is 0.556. The van der Waals surface area contributed by atoms with Gasteiger partial charge in [-0.2, -0.15) is 12.7 Å². The first kappa shape index (κ1) is 32.2. The van der Waals surface area contributed by atoms with E-state index >= 15 is 0 Å². The van der Waals surface area contributed by atoms with Crippen molar-refractivity contribution in [3.8, 4) is 5.75 Å². The third kappa shape index (κ3) is 5.74. The Morgan fingerprint density at radius 2 is 1.79 bits per heavy atom. The fourth-order valence-electron chi connectivity index (χ4n) is 8.42. The number of carbonyl (C=O) groups is 2. The molecule has 3 atom stereocenters. The molecule has 2 saturated carbocycles. The number of carbonyl (C=O) groups excluding carboxylic acids is 2. The summed E-state index contributed by atoms with van der Waals surface area (Å²) in [6, 6.07) is 6.46. The largest absolute Gasteiger partial charge is 0.496 e. The third-order valence-corrected chi connectivity index (χ3v) is 12.5. The van der Waals surface area contributed by atoms with Crippen molar-refractivity contribution in [2.75, 3.05) is 54.4 Å². The van der Waals surface area contributed by atoms with Crippen molar-refractivity contribution in [3.05, 3.63) is 58.3 Å². The Bertz CT molecular complexity index is 1790. The zero-order valence-electron chi connectivity index (χ0n) is 28.0. The first-order valence-electron chi connectivity index (χ1n) is 17.2. The number of ether oxygens (including phenoxy) is 1. The van der Waals surface area contributed by atoms with E-state index in [1.54, 1.807) is 7.11 Å². The van der Waals surface area contributed by atoms with E-state index in [-0.39, 0.29) is 17.7 Å². The quantitative estimate of drug-likeness (QED) is 0.421. The summed E-state index contributed by atoms with van der Waals surface area (Å²) < 4.78 is 36.8. The Labute approximate surface area is 278 Å². The standard InChI is InChI=1S/C36H47N5O5S/c1-38(2)47(44,45)37-35(42)33-28-22-41-29(21-27-30(46-4)16-15-24(34(27)41)23-11-6-5-7-12-23)31-25(32(28)33)13-10-14-26(31)36(43)39(3)19-20-40-17-8-9-18-40/h10,13,15-16,21-23,26,31,33H,5-9,11-12,14,17-20H2,1-4H3,(H,37,42)/t26-,31?,33?/m1/s1. The van der Waals surface area contributed by atoms with E-state index in [9.17, 15) is 18.0 Å². The van der Waals surface area contributed by atoms with Crippen LogP contribution >= 0.6 is 0 Å². The molecule has 2 aliphatic heterocycles. The normalized spacial score (nSPS) is 24.4. The summed E-state index contributed by atoms with van der Waals surface area (Å²) in [7, 11) is 2.43. The van der Waals surface area contributed by atoms with Crippen LogP contribution in [0, 0.1) is 11.8 Å². The number of hydrogen-bond donors (Lipinski definition) is 1. The Balaban J connectivity index is 1.36. The molecule has 11 heteroatoms. The molecule has 0 bridgehead atoms. The molecule has 252 valence electrons. The average Bonchev–Trinajstić information content (AvgIpc) is 3.35. The van der Waals surface area contributed by atoms with Gasteiger partial charge in [-0.15, -0.1) is 0 Å². The fourth-order valence-corrected chi connectivity index (χ4v) is 8.98. The number of allylic oxidation sites excluding steroid dienone is 3. The number of fused-ring (bicyclic) bond motifs is 6. The second kappa shape index (κ2) is 12.6. The van der Waals surface area contributed by atoms with Gasteiger partial charge in [0.05, 0.1) is 24.5 Å². The lowest BCUT2D eigenvalue weighted by atomic mass is 9.76. The van der Waals surface area contributed by atoms with Crippen LogP contribution < -0.4 is 9.46 Å². The van der Waals surface area contributed by atoms with Crippen LogP contribution in [-0.2, 0) is 19.8 Å². The van der Waals surface area contributed by atoms with E-state index in [4.69, 9.17) is 4.74 Å². The summed E-state index contributed by atoms with van der Waals surface area (Å²) >= 11 is 0. The maximum absolute atomic E-state index is 14.4. The molecule has 1 aromatic carbocycles. The van der Waals surface area contributed by atoms with Crippen molar-refractivity contribution in [1.29, 1.82) is 0 Å². The number of likely N-dealkylation sites (tertiary alicyclic amines) is 1. The third-order valence-electron chi connectivity index (χ3n) is 11.1. The molecule has 3 aliphatic carbocycles. The number of hydrogen-bond acceptors (Lipinski definition) is 6. The number of benzene rings is 1. The molecule has 1 aromatic heterocycles. The average molecular weight is 662 g/mol. The van der Waals surface area contributed by atoms with Gasteiger partial charge >= 0.3 is 10.2 Å². The lowest BCUT2D eigenvalue weighted by Gasteiger charge is -2.33. The second-order valence-electron chi connectivity index (χ2n) is 14.1. The molecule has 0 spiro atoms. The van der Waals surface area contributed by atoms with Crippen molar-refractivity contribution in [1.82, 2.24) is 23.4 Å². The topological polar surface area (TPSA) is 104 Å². The molecule has 47 heavy (non-hydrogen) atoms. The van der Waals surface area contributed by atoms with Crippen molar-refractivity contribution in [2.24, 2.45) is 11.8 Å². The number of amides is 2. The van der Waals surface area contributed by atoms with Gasteiger partial charge in [-0.1, -0.05) is 37.5 Å². The van der Waals surface area contributed by atoms with Crippen LogP contribution in [-0.4, -0.2) is 93.3 Å². The predicted octanol–water partition coefficient (Wildman–Crippen LogP) is 4.62. The van der Waals surface area contributed by atoms with Crippen LogP contribution in [0.15, 0.2) is 47.1 Å². The number of likely N-dealkylation sites (N-methyl/N-ethyl adjacent to an activating group) is 1. The summed E-state index contributed by atoms with van der Waals surface area (Å²) in [4.78, 5) is 32.3. The summed E-state index contributed by atoms with van der Waals surface area (Å²) in [5, 5.41) is 1.00. The molecule has 1 N–H and O–H groups in total. The molecule has 3 heterocycles. The minimum Gasteiger partial charge on any atom is -0.496 e. The molecule has 1 saturated heterocycles. The molecular weight excluding hydrogens is 614 g/mol. The molecule has 2 unspecified atom stereocenters. The van der Waals surface area contributed by atoms with Crippen LogP contribution in [0.2, 0.25) is 0 Å². The van der Waals surface area contributed by atoms with E-state index in [0.29, 0.717) is 18.9 Å². The minimum atomic E-state index is -3.97. The van der Waals surface area contributed by atoms with Crippen molar-refractivity contribution >= 4 is 39.1 Å². The summed E-state index contributed by atoms with van der Waals surface area (Å²) in [5.41, 5.74) is 5.89. The summed E-state index contributed by atoms with van der Waals surface area (Å²) in [6.07, 6.45) is 15.0.